The Bertz CT molecular complexity index is 1200. The molecule has 0 radical (unpaired) electrons. The van der Waals surface area contributed by atoms with E-state index in [1.165, 1.54) is 5.69 Å². The Morgan fingerprint density at radius 1 is 1.00 bits per heavy atom. The fourth-order valence-electron chi connectivity index (χ4n) is 4.18. The molecule has 1 aliphatic carbocycles. The first kappa shape index (κ1) is 18.5. The molecule has 0 unspecified atom stereocenters. The van der Waals surface area contributed by atoms with Crippen molar-refractivity contribution in [2.75, 3.05) is 14.2 Å². The molecule has 2 aromatic heterocycles. The standard InChI is InChI=1S/C24H24N4O2/c1-24(2)13-20-19(14-25-28(20)16-8-6-5-7-9-16)21-22(24)27-23(26-21)15-10-17(29-3)12-18(11-15)30-4/h5-12,14H,13H2,1-4H3,(H,26,27). The molecule has 0 saturated carbocycles. The first-order chi connectivity index (χ1) is 14.5. The molecule has 0 amide bonds. The molecule has 0 saturated heterocycles. The lowest BCUT2D eigenvalue weighted by atomic mass is 9.77. The van der Waals surface area contributed by atoms with E-state index in [2.05, 4.69) is 31.0 Å². The van der Waals surface area contributed by atoms with Crippen molar-refractivity contribution >= 4 is 0 Å². The lowest BCUT2D eigenvalue weighted by Crippen LogP contribution is -2.27. The third-order valence-electron chi connectivity index (χ3n) is 5.74. The van der Waals surface area contributed by atoms with E-state index >= 15 is 0 Å². The topological polar surface area (TPSA) is 65.0 Å². The zero-order valence-corrected chi connectivity index (χ0v) is 17.6. The van der Waals surface area contributed by atoms with Gasteiger partial charge >= 0.3 is 0 Å². The molecule has 4 aromatic rings. The molecule has 0 atom stereocenters. The van der Waals surface area contributed by atoms with E-state index in [4.69, 9.17) is 19.6 Å². The summed E-state index contributed by atoms with van der Waals surface area (Å²) in [5.41, 5.74) is 6.22. The molecule has 0 aliphatic heterocycles. The van der Waals surface area contributed by atoms with Crippen LogP contribution in [0.2, 0.25) is 0 Å². The van der Waals surface area contributed by atoms with Gasteiger partial charge in [0.05, 0.1) is 37.5 Å². The van der Waals surface area contributed by atoms with Gasteiger partial charge in [-0.3, -0.25) is 0 Å². The summed E-state index contributed by atoms with van der Waals surface area (Å²) in [6.45, 7) is 4.48. The fraction of sp³-hybridized carbons (Fsp3) is 0.250. The first-order valence-corrected chi connectivity index (χ1v) is 9.97. The molecular weight excluding hydrogens is 376 g/mol. The van der Waals surface area contributed by atoms with Crippen molar-refractivity contribution in [1.82, 2.24) is 19.7 Å². The van der Waals surface area contributed by atoms with Crippen molar-refractivity contribution in [3.05, 3.63) is 66.1 Å². The van der Waals surface area contributed by atoms with Crippen molar-refractivity contribution in [3.8, 4) is 39.8 Å². The zero-order chi connectivity index (χ0) is 20.9. The van der Waals surface area contributed by atoms with Gasteiger partial charge < -0.3 is 14.5 Å². The Balaban J connectivity index is 1.66. The Hall–Kier alpha value is -3.54. The zero-order valence-electron chi connectivity index (χ0n) is 17.6. The van der Waals surface area contributed by atoms with E-state index in [1.54, 1.807) is 14.2 Å². The Morgan fingerprint density at radius 3 is 2.37 bits per heavy atom. The van der Waals surface area contributed by atoms with Gasteiger partial charge in [0.2, 0.25) is 0 Å². The monoisotopic (exact) mass is 400 g/mol. The molecule has 1 N–H and O–H groups in total. The average molecular weight is 400 g/mol. The quantitative estimate of drug-likeness (QED) is 0.535. The highest BCUT2D eigenvalue weighted by Crippen LogP contribution is 2.43. The van der Waals surface area contributed by atoms with E-state index in [1.807, 2.05) is 47.3 Å². The van der Waals surface area contributed by atoms with Crippen LogP contribution in [0, 0.1) is 0 Å². The van der Waals surface area contributed by atoms with Gasteiger partial charge in [0.1, 0.15) is 17.3 Å². The van der Waals surface area contributed by atoms with Crippen LogP contribution in [-0.2, 0) is 11.8 Å². The molecule has 0 spiro atoms. The summed E-state index contributed by atoms with van der Waals surface area (Å²) in [5, 5.41) is 4.69. The molecule has 1 aliphatic rings. The number of aromatic amines is 1. The molecule has 152 valence electrons. The normalized spacial score (nSPS) is 14.1. The third-order valence-corrected chi connectivity index (χ3v) is 5.74. The largest absolute Gasteiger partial charge is 0.497 e. The molecule has 2 heterocycles. The van der Waals surface area contributed by atoms with Crippen LogP contribution in [0.1, 0.15) is 25.2 Å². The van der Waals surface area contributed by atoms with Crippen LogP contribution in [0.15, 0.2) is 54.7 Å². The van der Waals surface area contributed by atoms with Crippen molar-refractivity contribution in [2.45, 2.75) is 25.7 Å². The fourth-order valence-corrected chi connectivity index (χ4v) is 4.18. The Kier molecular flexibility index (Phi) is 4.17. The lowest BCUT2D eigenvalue weighted by molar-refractivity contribution is 0.394. The van der Waals surface area contributed by atoms with Crippen molar-refractivity contribution < 1.29 is 9.47 Å². The Labute approximate surface area is 175 Å². The highest BCUT2D eigenvalue weighted by atomic mass is 16.5. The molecule has 2 aromatic carbocycles. The van der Waals surface area contributed by atoms with Gasteiger partial charge in [-0.1, -0.05) is 32.0 Å². The number of nitrogens with one attached hydrogen (secondary N) is 1. The van der Waals surface area contributed by atoms with Crippen LogP contribution in [-0.4, -0.2) is 34.0 Å². The van der Waals surface area contributed by atoms with E-state index in [-0.39, 0.29) is 5.41 Å². The number of ether oxygens (including phenoxy) is 2. The predicted octanol–water partition coefficient (Wildman–Crippen LogP) is 4.78. The van der Waals surface area contributed by atoms with Crippen LogP contribution >= 0.6 is 0 Å². The van der Waals surface area contributed by atoms with Crippen LogP contribution in [0.25, 0.3) is 28.3 Å². The lowest BCUT2D eigenvalue weighted by Gasteiger charge is -2.29. The minimum atomic E-state index is -0.108. The smallest absolute Gasteiger partial charge is 0.138 e. The van der Waals surface area contributed by atoms with Gasteiger partial charge in [0.15, 0.2) is 0 Å². The van der Waals surface area contributed by atoms with Crippen LogP contribution in [0.3, 0.4) is 0 Å². The SMILES string of the molecule is COc1cc(OC)cc(-c2nc3c([nH]2)C(C)(C)Cc2c-3cnn2-c2ccccc2)c1. The van der Waals surface area contributed by atoms with Gasteiger partial charge in [-0.05, 0) is 24.3 Å². The molecule has 5 rings (SSSR count). The maximum Gasteiger partial charge on any atom is 0.138 e. The second-order valence-electron chi connectivity index (χ2n) is 8.22. The van der Waals surface area contributed by atoms with Gasteiger partial charge in [-0.15, -0.1) is 0 Å². The maximum absolute atomic E-state index is 5.44. The van der Waals surface area contributed by atoms with Crippen LogP contribution < -0.4 is 9.47 Å². The second-order valence-corrected chi connectivity index (χ2v) is 8.22. The number of nitrogens with zero attached hydrogens (tertiary/aromatic N) is 3. The van der Waals surface area contributed by atoms with Crippen molar-refractivity contribution in [2.24, 2.45) is 0 Å². The van der Waals surface area contributed by atoms with Gasteiger partial charge in [-0.2, -0.15) is 5.10 Å². The number of rotatable bonds is 4. The number of H-pyrrole nitrogens is 1. The summed E-state index contributed by atoms with van der Waals surface area (Å²) in [5.74, 6) is 2.26. The number of hydrogen-bond acceptors (Lipinski definition) is 4. The molecule has 0 bridgehead atoms. The number of aromatic nitrogens is 4. The minimum Gasteiger partial charge on any atom is -0.497 e. The summed E-state index contributed by atoms with van der Waals surface area (Å²) in [7, 11) is 3.30. The number of hydrogen-bond donors (Lipinski definition) is 1. The number of para-hydroxylation sites is 1. The number of fused-ring (bicyclic) bond motifs is 3. The number of methoxy groups -OCH3 is 2. The van der Waals surface area contributed by atoms with E-state index in [0.717, 1.165) is 51.9 Å². The molecule has 6 nitrogen and oxygen atoms in total. The highest BCUT2D eigenvalue weighted by molar-refractivity contribution is 5.74. The van der Waals surface area contributed by atoms with Crippen LogP contribution in [0.5, 0.6) is 11.5 Å². The highest BCUT2D eigenvalue weighted by Gasteiger charge is 2.37. The van der Waals surface area contributed by atoms with Crippen molar-refractivity contribution in [1.29, 1.82) is 0 Å². The summed E-state index contributed by atoms with van der Waals surface area (Å²) in [6.07, 6.45) is 2.79. The van der Waals surface area contributed by atoms with Crippen LogP contribution in [0.4, 0.5) is 0 Å². The molecule has 30 heavy (non-hydrogen) atoms. The minimum absolute atomic E-state index is 0.108. The summed E-state index contributed by atoms with van der Waals surface area (Å²) < 4.78 is 12.9. The molecule has 0 fully saturated rings. The summed E-state index contributed by atoms with van der Waals surface area (Å²) in [6, 6.07) is 16.0. The van der Waals surface area contributed by atoms with E-state index in [0.29, 0.717) is 0 Å². The number of benzene rings is 2. The predicted molar refractivity (Wildman–Crippen MR) is 116 cm³/mol. The first-order valence-electron chi connectivity index (χ1n) is 9.97. The number of imidazole rings is 1. The van der Waals surface area contributed by atoms with E-state index < -0.39 is 0 Å². The average Bonchev–Trinajstić information content (AvgIpc) is 3.39. The van der Waals surface area contributed by atoms with Gasteiger partial charge in [0.25, 0.3) is 0 Å². The molecular formula is C24H24N4O2. The van der Waals surface area contributed by atoms with Gasteiger partial charge in [0, 0.05) is 34.7 Å². The second kappa shape index (κ2) is 6.76. The van der Waals surface area contributed by atoms with E-state index in [9.17, 15) is 0 Å². The third kappa shape index (κ3) is 2.87. The molecule has 6 heteroatoms. The Morgan fingerprint density at radius 2 is 1.70 bits per heavy atom. The van der Waals surface area contributed by atoms with Gasteiger partial charge in [-0.25, -0.2) is 9.67 Å². The summed E-state index contributed by atoms with van der Waals surface area (Å²) >= 11 is 0. The maximum atomic E-state index is 5.44. The van der Waals surface area contributed by atoms with Crippen molar-refractivity contribution in [3.63, 3.8) is 0 Å². The summed E-state index contributed by atoms with van der Waals surface area (Å²) in [4.78, 5) is 8.57.